The van der Waals surface area contributed by atoms with Crippen LogP contribution >= 0.6 is 0 Å². The normalized spacial score (nSPS) is 15.6. The van der Waals surface area contributed by atoms with Crippen LogP contribution in [0.3, 0.4) is 0 Å². The lowest BCUT2D eigenvalue weighted by atomic mass is 9.96. The van der Waals surface area contributed by atoms with Gasteiger partial charge in [0.25, 0.3) is 0 Å². The summed E-state index contributed by atoms with van der Waals surface area (Å²) in [5.41, 5.74) is 17.6. The van der Waals surface area contributed by atoms with E-state index in [1.165, 1.54) is 6.92 Å². The van der Waals surface area contributed by atoms with Gasteiger partial charge in [-0.05, 0) is 37.7 Å². The summed E-state index contributed by atoms with van der Waals surface area (Å²) in [6.45, 7) is 5.01. The van der Waals surface area contributed by atoms with E-state index >= 15 is 0 Å². The average molecular weight is 536 g/mol. The van der Waals surface area contributed by atoms with Crippen molar-refractivity contribution < 1.29 is 29.4 Å². The van der Waals surface area contributed by atoms with Crippen LogP contribution in [0.4, 0.5) is 0 Å². The molecule has 0 aromatic heterocycles. The summed E-state index contributed by atoms with van der Waals surface area (Å²) in [5.74, 6) is -3.85. The van der Waals surface area contributed by atoms with Gasteiger partial charge in [-0.1, -0.05) is 50.6 Å². The average Bonchev–Trinajstić information content (AvgIpc) is 2.86. The molecule has 6 atom stereocenters. The minimum Gasteiger partial charge on any atom is -0.480 e. The molecular weight excluding hydrogens is 494 g/mol. The Bertz CT molecular complexity index is 953. The zero-order chi connectivity index (χ0) is 28.8. The van der Waals surface area contributed by atoms with Crippen molar-refractivity contribution in [3.63, 3.8) is 0 Å². The SMILES string of the molecule is CCC(C)C(NC(=O)C(N)Cc1ccccc1)C(=O)NC(CCCN=C(N)N)C(=O)NC(C(=O)O)C(C)O. The number of nitrogens with zero attached hydrogens (tertiary/aromatic N) is 1. The van der Waals surface area contributed by atoms with Gasteiger partial charge in [-0.15, -0.1) is 0 Å². The fourth-order valence-electron chi connectivity index (χ4n) is 3.60. The fourth-order valence-corrected chi connectivity index (χ4v) is 3.60. The molecule has 11 N–H and O–H groups in total. The summed E-state index contributed by atoms with van der Waals surface area (Å²) in [6.07, 6.45) is -0.225. The maximum atomic E-state index is 13.3. The maximum Gasteiger partial charge on any atom is 0.328 e. The van der Waals surface area contributed by atoms with Crippen molar-refractivity contribution >= 4 is 29.7 Å². The number of rotatable bonds is 16. The maximum absolute atomic E-state index is 13.3. The van der Waals surface area contributed by atoms with Crippen LogP contribution in [-0.4, -0.2) is 76.7 Å². The van der Waals surface area contributed by atoms with Gasteiger partial charge in [0.15, 0.2) is 12.0 Å². The molecule has 0 spiro atoms. The van der Waals surface area contributed by atoms with Crippen LogP contribution < -0.4 is 33.2 Å². The standard InChI is InChI=1S/C25H41N7O6/c1-4-14(2)19(31-21(34)17(26)13-16-9-6-5-7-10-16)23(36)30-18(11-8-12-29-25(27)28)22(35)32-20(15(3)33)24(37)38/h5-7,9-10,14-15,17-20,33H,4,8,11-13,26H2,1-3H3,(H,30,36)(H,31,34)(H,32,35)(H,37,38)(H4,27,28,29). The highest BCUT2D eigenvalue weighted by atomic mass is 16.4. The number of hydrogen-bond donors (Lipinski definition) is 8. The predicted octanol–water partition coefficient (Wildman–Crippen LogP) is -1.42. The number of carboxylic acids is 1. The first kappa shape index (κ1) is 32.3. The summed E-state index contributed by atoms with van der Waals surface area (Å²) in [7, 11) is 0. The van der Waals surface area contributed by atoms with Crippen molar-refractivity contribution in [2.24, 2.45) is 28.1 Å². The van der Waals surface area contributed by atoms with Gasteiger partial charge in [0.2, 0.25) is 17.7 Å². The monoisotopic (exact) mass is 535 g/mol. The third kappa shape index (κ3) is 11.1. The molecule has 0 aliphatic heterocycles. The van der Waals surface area contributed by atoms with E-state index in [4.69, 9.17) is 17.2 Å². The molecule has 1 aromatic carbocycles. The van der Waals surface area contributed by atoms with Crippen LogP contribution in [0.15, 0.2) is 35.3 Å². The van der Waals surface area contributed by atoms with Gasteiger partial charge in [0.05, 0.1) is 12.1 Å². The Hall–Kier alpha value is -3.71. The van der Waals surface area contributed by atoms with Crippen molar-refractivity contribution in [1.82, 2.24) is 16.0 Å². The van der Waals surface area contributed by atoms with Gasteiger partial charge >= 0.3 is 5.97 Å². The molecule has 13 heteroatoms. The number of benzene rings is 1. The van der Waals surface area contributed by atoms with E-state index in [0.717, 1.165) is 5.56 Å². The second-order valence-electron chi connectivity index (χ2n) is 9.24. The number of carboxylic acid groups (broad SMARTS) is 1. The molecule has 1 rings (SSSR count). The zero-order valence-corrected chi connectivity index (χ0v) is 22.1. The van der Waals surface area contributed by atoms with Crippen LogP contribution in [-0.2, 0) is 25.6 Å². The van der Waals surface area contributed by atoms with Crippen molar-refractivity contribution in [1.29, 1.82) is 0 Å². The van der Waals surface area contributed by atoms with E-state index in [-0.39, 0.29) is 37.7 Å². The number of carbonyl (C=O) groups excluding carboxylic acids is 3. The highest BCUT2D eigenvalue weighted by Gasteiger charge is 2.33. The number of aliphatic hydroxyl groups excluding tert-OH is 1. The molecule has 0 saturated carbocycles. The number of amides is 3. The van der Waals surface area contributed by atoms with Gasteiger partial charge in [-0.3, -0.25) is 19.4 Å². The van der Waals surface area contributed by atoms with Gasteiger partial charge in [-0.2, -0.15) is 0 Å². The predicted molar refractivity (Wildman–Crippen MR) is 143 cm³/mol. The molecule has 0 bridgehead atoms. The highest BCUT2D eigenvalue weighted by Crippen LogP contribution is 2.11. The molecule has 212 valence electrons. The number of hydrogen-bond acceptors (Lipinski definition) is 7. The topological polar surface area (TPSA) is 235 Å². The van der Waals surface area contributed by atoms with E-state index in [1.807, 2.05) is 37.3 Å². The fraction of sp³-hybridized carbons (Fsp3) is 0.560. The molecule has 0 saturated heterocycles. The molecule has 0 aliphatic rings. The number of guanidine groups is 1. The summed E-state index contributed by atoms with van der Waals surface area (Å²) in [4.78, 5) is 54.4. The third-order valence-corrected chi connectivity index (χ3v) is 6.05. The van der Waals surface area contributed by atoms with Crippen molar-refractivity contribution in [3.05, 3.63) is 35.9 Å². The number of aliphatic carboxylic acids is 1. The van der Waals surface area contributed by atoms with Crippen molar-refractivity contribution in [2.45, 2.75) is 76.7 Å². The lowest BCUT2D eigenvalue weighted by molar-refractivity contribution is -0.145. The number of carbonyl (C=O) groups is 4. The Morgan fingerprint density at radius 3 is 2.08 bits per heavy atom. The summed E-state index contributed by atoms with van der Waals surface area (Å²) < 4.78 is 0. The van der Waals surface area contributed by atoms with Crippen molar-refractivity contribution in [3.8, 4) is 0 Å². The molecule has 1 aromatic rings. The van der Waals surface area contributed by atoms with E-state index in [9.17, 15) is 29.4 Å². The smallest absolute Gasteiger partial charge is 0.328 e. The molecule has 38 heavy (non-hydrogen) atoms. The van der Waals surface area contributed by atoms with Gasteiger partial charge in [0, 0.05) is 6.54 Å². The number of nitrogens with one attached hydrogen (secondary N) is 3. The molecule has 0 aliphatic carbocycles. The second-order valence-corrected chi connectivity index (χ2v) is 9.24. The largest absolute Gasteiger partial charge is 0.480 e. The van der Waals surface area contributed by atoms with Crippen LogP contribution in [0, 0.1) is 5.92 Å². The van der Waals surface area contributed by atoms with E-state index in [2.05, 4.69) is 20.9 Å². The van der Waals surface area contributed by atoms with Gasteiger partial charge in [0.1, 0.15) is 12.1 Å². The number of aliphatic hydroxyl groups is 1. The lowest BCUT2D eigenvalue weighted by Crippen LogP contribution is -2.59. The first-order valence-corrected chi connectivity index (χ1v) is 12.5. The molecule has 3 amide bonds. The minimum atomic E-state index is -1.58. The van der Waals surface area contributed by atoms with Crippen LogP contribution in [0.5, 0.6) is 0 Å². The Balaban J connectivity index is 3.03. The van der Waals surface area contributed by atoms with Crippen molar-refractivity contribution in [2.75, 3.05) is 6.54 Å². The molecule has 0 fully saturated rings. The zero-order valence-electron chi connectivity index (χ0n) is 22.1. The molecule has 0 heterocycles. The molecular formula is C25H41N7O6. The summed E-state index contributed by atoms with van der Waals surface area (Å²) in [6, 6.07) is 4.53. The van der Waals surface area contributed by atoms with E-state index in [0.29, 0.717) is 6.42 Å². The van der Waals surface area contributed by atoms with Crippen LogP contribution in [0.2, 0.25) is 0 Å². The highest BCUT2D eigenvalue weighted by molar-refractivity contribution is 5.94. The Kier molecular flexibility index (Phi) is 13.8. The molecule has 6 unspecified atom stereocenters. The Morgan fingerprint density at radius 1 is 0.947 bits per heavy atom. The molecule has 13 nitrogen and oxygen atoms in total. The quantitative estimate of drug-likeness (QED) is 0.0703. The molecule has 0 radical (unpaired) electrons. The van der Waals surface area contributed by atoms with E-state index in [1.54, 1.807) is 6.92 Å². The second kappa shape index (κ2) is 16.2. The summed E-state index contributed by atoms with van der Waals surface area (Å²) in [5, 5.41) is 26.6. The minimum absolute atomic E-state index is 0.0647. The number of aliphatic imine (C=N–C) groups is 1. The first-order chi connectivity index (χ1) is 17.9. The van der Waals surface area contributed by atoms with Crippen LogP contribution in [0.25, 0.3) is 0 Å². The van der Waals surface area contributed by atoms with Gasteiger partial charge < -0.3 is 43.4 Å². The number of nitrogens with two attached hydrogens (primary N) is 3. The third-order valence-electron chi connectivity index (χ3n) is 6.05. The Morgan fingerprint density at radius 2 is 1.55 bits per heavy atom. The van der Waals surface area contributed by atoms with Gasteiger partial charge in [-0.25, -0.2) is 4.79 Å². The summed E-state index contributed by atoms with van der Waals surface area (Å²) >= 11 is 0. The lowest BCUT2D eigenvalue weighted by Gasteiger charge is -2.28. The van der Waals surface area contributed by atoms with E-state index < -0.39 is 54.0 Å². The Labute approximate surface area is 222 Å². The van der Waals surface area contributed by atoms with Crippen LogP contribution in [0.1, 0.15) is 45.6 Å². The first-order valence-electron chi connectivity index (χ1n) is 12.5.